The first-order valence-corrected chi connectivity index (χ1v) is 8.18. The summed E-state index contributed by atoms with van der Waals surface area (Å²) >= 11 is 2.27. The molecule has 0 heterocycles. The second kappa shape index (κ2) is 6.47. The zero-order chi connectivity index (χ0) is 14.7. The number of benzene rings is 2. The lowest BCUT2D eigenvalue weighted by atomic mass is 10.1. The van der Waals surface area contributed by atoms with Crippen LogP contribution in [0.4, 0.5) is 5.69 Å². The lowest BCUT2D eigenvalue weighted by molar-refractivity contribution is -0.122. The quantitative estimate of drug-likeness (QED) is 0.762. The molecule has 0 spiro atoms. The van der Waals surface area contributed by atoms with Gasteiger partial charge in [-0.1, -0.05) is 36.4 Å². The summed E-state index contributed by atoms with van der Waals surface area (Å²) in [5.74, 6) is 0.0440. The van der Waals surface area contributed by atoms with E-state index in [4.69, 9.17) is 0 Å². The zero-order valence-electron chi connectivity index (χ0n) is 11.6. The Kier molecular flexibility index (Phi) is 4.43. The van der Waals surface area contributed by atoms with E-state index in [9.17, 15) is 4.79 Å². The Balaban J connectivity index is 1.82. The average molecular weight is 392 g/mol. The number of hydrogen-bond donors (Lipinski definition) is 2. The fraction of sp³-hybridized carbons (Fsp3) is 0.235. The minimum Gasteiger partial charge on any atom is -0.370 e. The van der Waals surface area contributed by atoms with Crippen LogP contribution in [-0.4, -0.2) is 11.9 Å². The van der Waals surface area contributed by atoms with Crippen LogP contribution in [0.5, 0.6) is 0 Å². The van der Waals surface area contributed by atoms with Crippen LogP contribution in [0.25, 0.3) is 0 Å². The van der Waals surface area contributed by atoms with Crippen molar-refractivity contribution in [2.45, 2.75) is 24.9 Å². The minimum absolute atomic E-state index is 0.0440. The van der Waals surface area contributed by atoms with Crippen LogP contribution in [0.1, 0.15) is 24.4 Å². The van der Waals surface area contributed by atoms with Crippen LogP contribution in [0, 0.1) is 3.57 Å². The van der Waals surface area contributed by atoms with Crippen LogP contribution < -0.4 is 10.6 Å². The molecule has 1 aliphatic carbocycles. The average Bonchev–Trinajstić information content (AvgIpc) is 3.29. The molecule has 4 heteroatoms. The van der Waals surface area contributed by atoms with Crippen molar-refractivity contribution in [3.8, 4) is 0 Å². The van der Waals surface area contributed by atoms with Gasteiger partial charge in [0, 0.05) is 15.3 Å². The van der Waals surface area contributed by atoms with Gasteiger partial charge in [-0.05, 0) is 59.2 Å². The standard InChI is InChI=1S/C17H17IN2O/c18-13-7-4-8-15(11-13)19-16(12-5-2-1-3-6-12)17(21)20-14-9-10-14/h1-8,11,14,16,19H,9-10H2,(H,20,21)/t16-/m1/s1. The summed E-state index contributed by atoms with van der Waals surface area (Å²) in [4.78, 5) is 12.5. The van der Waals surface area contributed by atoms with Crippen molar-refractivity contribution < 1.29 is 4.79 Å². The van der Waals surface area contributed by atoms with Gasteiger partial charge in [-0.2, -0.15) is 0 Å². The summed E-state index contributed by atoms with van der Waals surface area (Å²) in [6, 6.07) is 17.9. The van der Waals surface area contributed by atoms with E-state index in [1.165, 1.54) is 0 Å². The zero-order valence-corrected chi connectivity index (χ0v) is 13.7. The third-order valence-corrected chi connectivity index (χ3v) is 4.13. The Morgan fingerprint density at radius 3 is 2.52 bits per heavy atom. The highest BCUT2D eigenvalue weighted by Gasteiger charge is 2.28. The maximum Gasteiger partial charge on any atom is 0.247 e. The van der Waals surface area contributed by atoms with Gasteiger partial charge in [-0.3, -0.25) is 4.79 Å². The summed E-state index contributed by atoms with van der Waals surface area (Å²) in [6.45, 7) is 0. The van der Waals surface area contributed by atoms with Gasteiger partial charge >= 0.3 is 0 Å². The SMILES string of the molecule is O=C(NC1CC1)[C@H](Nc1cccc(I)c1)c1ccccc1. The van der Waals surface area contributed by atoms with Crippen molar-refractivity contribution in [3.63, 3.8) is 0 Å². The summed E-state index contributed by atoms with van der Waals surface area (Å²) in [6.07, 6.45) is 2.19. The Bertz CT molecular complexity index is 626. The van der Waals surface area contributed by atoms with Gasteiger partial charge in [0.1, 0.15) is 6.04 Å². The molecule has 1 atom stereocenters. The molecular weight excluding hydrogens is 375 g/mol. The Labute approximate surface area is 138 Å². The first kappa shape index (κ1) is 14.4. The summed E-state index contributed by atoms with van der Waals surface area (Å²) in [7, 11) is 0. The Hall–Kier alpha value is -1.56. The van der Waals surface area contributed by atoms with Crippen molar-refractivity contribution in [1.82, 2.24) is 5.32 Å². The van der Waals surface area contributed by atoms with Crippen LogP contribution >= 0.6 is 22.6 Å². The normalized spacial score (nSPS) is 15.3. The van der Waals surface area contributed by atoms with Crippen LogP contribution in [0.15, 0.2) is 54.6 Å². The molecule has 108 valence electrons. The molecule has 0 unspecified atom stereocenters. The predicted molar refractivity (Wildman–Crippen MR) is 93.1 cm³/mol. The van der Waals surface area contributed by atoms with Crippen LogP contribution in [0.2, 0.25) is 0 Å². The van der Waals surface area contributed by atoms with E-state index < -0.39 is 0 Å². The molecule has 2 aromatic rings. The molecule has 1 saturated carbocycles. The number of rotatable bonds is 5. The molecule has 0 saturated heterocycles. The molecule has 2 aromatic carbocycles. The molecular formula is C17H17IN2O. The van der Waals surface area contributed by atoms with E-state index in [0.717, 1.165) is 27.7 Å². The monoisotopic (exact) mass is 392 g/mol. The number of amides is 1. The lowest BCUT2D eigenvalue weighted by Crippen LogP contribution is -2.34. The molecule has 1 amide bonds. The van der Waals surface area contributed by atoms with E-state index in [1.54, 1.807) is 0 Å². The molecule has 1 fully saturated rings. The van der Waals surface area contributed by atoms with Crippen molar-refractivity contribution in [2.24, 2.45) is 0 Å². The first-order chi connectivity index (χ1) is 10.2. The van der Waals surface area contributed by atoms with Crippen LogP contribution in [0.3, 0.4) is 0 Å². The molecule has 1 aliphatic rings. The maximum absolute atomic E-state index is 12.5. The van der Waals surface area contributed by atoms with Crippen molar-refractivity contribution >= 4 is 34.2 Å². The fourth-order valence-electron chi connectivity index (χ4n) is 2.20. The predicted octanol–water partition coefficient (Wildman–Crippen LogP) is 3.72. The summed E-state index contributed by atoms with van der Waals surface area (Å²) in [5, 5.41) is 6.44. The van der Waals surface area contributed by atoms with E-state index in [-0.39, 0.29) is 11.9 Å². The highest BCUT2D eigenvalue weighted by atomic mass is 127. The molecule has 3 rings (SSSR count). The van der Waals surface area contributed by atoms with E-state index in [2.05, 4.69) is 33.2 Å². The number of halogens is 1. The molecule has 21 heavy (non-hydrogen) atoms. The van der Waals surface area contributed by atoms with E-state index in [1.807, 2.05) is 54.6 Å². The molecule has 0 bridgehead atoms. The van der Waals surface area contributed by atoms with Gasteiger partial charge in [0.15, 0.2) is 0 Å². The highest BCUT2D eigenvalue weighted by Crippen LogP contribution is 2.24. The number of hydrogen-bond acceptors (Lipinski definition) is 2. The highest BCUT2D eigenvalue weighted by molar-refractivity contribution is 14.1. The van der Waals surface area contributed by atoms with Crippen molar-refractivity contribution in [3.05, 3.63) is 63.7 Å². The first-order valence-electron chi connectivity index (χ1n) is 7.10. The number of anilines is 1. The van der Waals surface area contributed by atoms with Gasteiger partial charge in [0.2, 0.25) is 5.91 Å². The number of carbonyl (C=O) groups is 1. The number of carbonyl (C=O) groups excluding carboxylic acids is 1. The van der Waals surface area contributed by atoms with Crippen LogP contribution in [-0.2, 0) is 4.79 Å². The van der Waals surface area contributed by atoms with Gasteiger partial charge in [-0.25, -0.2) is 0 Å². The van der Waals surface area contributed by atoms with Gasteiger partial charge in [0.05, 0.1) is 0 Å². The third-order valence-electron chi connectivity index (χ3n) is 3.45. The minimum atomic E-state index is -0.356. The lowest BCUT2D eigenvalue weighted by Gasteiger charge is -2.20. The van der Waals surface area contributed by atoms with Gasteiger partial charge in [-0.15, -0.1) is 0 Å². The second-order valence-electron chi connectivity index (χ2n) is 5.28. The molecule has 0 radical (unpaired) electrons. The van der Waals surface area contributed by atoms with E-state index in [0.29, 0.717) is 6.04 Å². The van der Waals surface area contributed by atoms with Gasteiger partial charge in [0.25, 0.3) is 0 Å². The molecule has 3 nitrogen and oxygen atoms in total. The third kappa shape index (κ3) is 3.97. The van der Waals surface area contributed by atoms with Crippen molar-refractivity contribution in [2.75, 3.05) is 5.32 Å². The van der Waals surface area contributed by atoms with Crippen molar-refractivity contribution in [1.29, 1.82) is 0 Å². The number of nitrogens with one attached hydrogen (secondary N) is 2. The Morgan fingerprint density at radius 2 is 1.86 bits per heavy atom. The van der Waals surface area contributed by atoms with Gasteiger partial charge < -0.3 is 10.6 Å². The molecule has 0 aromatic heterocycles. The summed E-state index contributed by atoms with van der Waals surface area (Å²) < 4.78 is 1.15. The topological polar surface area (TPSA) is 41.1 Å². The summed E-state index contributed by atoms with van der Waals surface area (Å²) in [5.41, 5.74) is 1.94. The molecule has 2 N–H and O–H groups in total. The fourth-order valence-corrected chi connectivity index (χ4v) is 2.75. The van der Waals surface area contributed by atoms with E-state index >= 15 is 0 Å². The largest absolute Gasteiger partial charge is 0.370 e. The Morgan fingerprint density at radius 1 is 1.10 bits per heavy atom. The smallest absolute Gasteiger partial charge is 0.247 e. The molecule has 0 aliphatic heterocycles. The maximum atomic E-state index is 12.5. The second-order valence-corrected chi connectivity index (χ2v) is 6.53.